The molecule has 0 aromatic carbocycles. The normalized spacial score (nSPS) is 21.3. The SMILES string of the molecule is Cc1ncnc(N)c1CSCCCC1C=CC=CC1C. The van der Waals surface area contributed by atoms with Crippen LogP contribution in [0, 0.1) is 18.8 Å². The summed E-state index contributed by atoms with van der Waals surface area (Å²) in [6.45, 7) is 4.29. The fourth-order valence-corrected chi connectivity index (χ4v) is 3.49. The second-order valence-electron chi connectivity index (χ2n) is 5.31. The third-order valence-electron chi connectivity index (χ3n) is 3.83. The minimum absolute atomic E-state index is 0.624. The minimum atomic E-state index is 0.624. The number of aryl methyl sites for hydroxylation is 1. The van der Waals surface area contributed by atoms with E-state index in [-0.39, 0.29) is 0 Å². The topological polar surface area (TPSA) is 51.8 Å². The molecule has 2 unspecified atom stereocenters. The monoisotopic (exact) mass is 289 g/mol. The summed E-state index contributed by atoms with van der Waals surface area (Å²) in [6, 6.07) is 0. The summed E-state index contributed by atoms with van der Waals surface area (Å²) in [5.41, 5.74) is 7.98. The number of nitrogens with zero attached hydrogens (tertiary/aromatic N) is 2. The first-order valence-corrected chi connectivity index (χ1v) is 8.32. The van der Waals surface area contributed by atoms with Gasteiger partial charge >= 0.3 is 0 Å². The second-order valence-corrected chi connectivity index (χ2v) is 6.42. The van der Waals surface area contributed by atoms with Crippen LogP contribution in [0.15, 0.2) is 30.6 Å². The number of aromatic nitrogens is 2. The third-order valence-corrected chi connectivity index (χ3v) is 4.90. The van der Waals surface area contributed by atoms with Crippen LogP contribution in [0.1, 0.15) is 31.0 Å². The maximum absolute atomic E-state index is 5.89. The number of thioether (sulfide) groups is 1. The van der Waals surface area contributed by atoms with E-state index in [2.05, 4.69) is 41.2 Å². The zero-order valence-electron chi connectivity index (χ0n) is 12.2. The molecule has 108 valence electrons. The average molecular weight is 289 g/mol. The summed E-state index contributed by atoms with van der Waals surface area (Å²) in [5, 5.41) is 0. The van der Waals surface area contributed by atoms with Crippen molar-refractivity contribution in [2.24, 2.45) is 11.8 Å². The van der Waals surface area contributed by atoms with Crippen molar-refractivity contribution >= 4 is 17.6 Å². The largest absolute Gasteiger partial charge is 0.383 e. The van der Waals surface area contributed by atoms with Gasteiger partial charge in [0.2, 0.25) is 0 Å². The summed E-state index contributed by atoms with van der Waals surface area (Å²) in [4.78, 5) is 8.26. The Bertz CT molecular complexity index is 476. The molecule has 1 heterocycles. The van der Waals surface area contributed by atoms with E-state index in [0.29, 0.717) is 17.7 Å². The molecule has 0 bridgehead atoms. The van der Waals surface area contributed by atoms with Crippen molar-refractivity contribution in [2.45, 2.75) is 32.4 Å². The van der Waals surface area contributed by atoms with E-state index < -0.39 is 0 Å². The van der Waals surface area contributed by atoms with Crippen molar-refractivity contribution in [3.8, 4) is 0 Å². The Labute approximate surface area is 125 Å². The van der Waals surface area contributed by atoms with Gasteiger partial charge in [-0.1, -0.05) is 31.2 Å². The van der Waals surface area contributed by atoms with E-state index in [0.717, 1.165) is 22.8 Å². The van der Waals surface area contributed by atoms with E-state index >= 15 is 0 Å². The van der Waals surface area contributed by atoms with Crippen LogP contribution in [0.2, 0.25) is 0 Å². The molecule has 0 saturated carbocycles. The van der Waals surface area contributed by atoms with Crippen LogP contribution in [0.25, 0.3) is 0 Å². The maximum Gasteiger partial charge on any atom is 0.131 e. The molecule has 0 spiro atoms. The standard InChI is InChI=1S/C16H23N3S/c1-12-6-3-4-7-14(12)8-5-9-20-10-15-13(2)18-11-19-16(15)17/h3-4,6-7,11-12,14H,5,8-10H2,1-2H3,(H2,17,18,19). The number of hydrogen-bond acceptors (Lipinski definition) is 4. The van der Waals surface area contributed by atoms with Crippen LogP contribution in [-0.2, 0) is 5.75 Å². The Morgan fingerprint density at radius 1 is 1.25 bits per heavy atom. The summed E-state index contributed by atoms with van der Waals surface area (Å²) >= 11 is 1.92. The Balaban J connectivity index is 1.69. The smallest absolute Gasteiger partial charge is 0.131 e. The van der Waals surface area contributed by atoms with Crippen LogP contribution in [0.3, 0.4) is 0 Å². The van der Waals surface area contributed by atoms with E-state index in [1.807, 2.05) is 18.7 Å². The molecule has 2 N–H and O–H groups in total. The van der Waals surface area contributed by atoms with Crippen molar-refractivity contribution in [2.75, 3.05) is 11.5 Å². The zero-order valence-corrected chi connectivity index (χ0v) is 13.1. The second kappa shape index (κ2) is 7.48. The van der Waals surface area contributed by atoms with Gasteiger partial charge < -0.3 is 5.73 Å². The first kappa shape index (κ1) is 15.1. The number of anilines is 1. The van der Waals surface area contributed by atoms with Crippen LogP contribution < -0.4 is 5.73 Å². The molecule has 0 radical (unpaired) electrons. The number of rotatable bonds is 6. The summed E-state index contributed by atoms with van der Waals surface area (Å²) in [7, 11) is 0. The van der Waals surface area contributed by atoms with Gasteiger partial charge in [0.25, 0.3) is 0 Å². The molecule has 4 heteroatoms. The molecule has 2 atom stereocenters. The molecular formula is C16H23N3S. The average Bonchev–Trinajstić information content (AvgIpc) is 2.43. The van der Waals surface area contributed by atoms with Crippen molar-refractivity contribution in [3.05, 3.63) is 41.9 Å². The summed E-state index contributed by atoms with van der Waals surface area (Å²) in [5.74, 6) is 4.07. The molecule has 2 rings (SSSR count). The Hall–Kier alpha value is -1.29. The Morgan fingerprint density at radius 3 is 2.80 bits per heavy atom. The van der Waals surface area contributed by atoms with E-state index in [9.17, 15) is 0 Å². The molecule has 1 aromatic rings. The molecule has 1 aliphatic rings. The predicted molar refractivity (Wildman–Crippen MR) is 87.5 cm³/mol. The lowest BCUT2D eigenvalue weighted by Gasteiger charge is -2.20. The maximum atomic E-state index is 5.89. The van der Waals surface area contributed by atoms with Crippen LogP contribution >= 0.6 is 11.8 Å². The lowest BCUT2D eigenvalue weighted by molar-refractivity contribution is 0.468. The number of allylic oxidation sites excluding steroid dienone is 4. The molecule has 0 aliphatic heterocycles. The lowest BCUT2D eigenvalue weighted by atomic mass is 9.87. The highest BCUT2D eigenvalue weighted by atomic mass is 32.2. The molecule has 0 fully saturated rings. The van der Waals surface area contributed by atoms with Gasteiger partial charge in [-0.25, -0.2) is 9.97 Å². The quantitative estimate of drug-likeness (QED) is 0.810. The lowest BCUT2D eigenvalue weighted by Crippen LogP contribution is -2.09. The molecule has 1 aromatic heterocycles. The number of hydrogen-bond donors (Lipinski definition) is 1. The first-order chi connectivity index (χ1) is 9.68. The van der Waals surface area contributed by atoms with Crippen molar-refractivity contribution < 1.29 is 0 Å². The molecule has 20 heavy (non-hydrogen) atoms. The van der Waals surface area contributed by atoms with Gasteiger partial charge in [0.1, 0.15) is 12.1 Å². The van der Waals surface area contributed by atoms with Gasteiger partial charge in [0.05, 0.1) is 0 Å². The first-order valence-electron chi connectivity index (χ1n) is 7.17. The Kier molecular flexibility index (Phi) is 5.65. The van der Waals surface area contributed by atoms with Crippen LogP contribution in [0.4, 0.5) is 5.82 Å². The van der Waals surface area contributed by atoms with Gasteiger partial charge in [-0.3, -0.25) is 0 Å². The highest BCUT2D eigenvalue weighted by molar-refractivity contribution is 7.98. The van der Waals surface area contributed by atoms with Gasteiger partial charge in [-0.05, 0) is 37.4 Å². The van der Waals surface area contributed by atoms with Gasteiger partial charge in [0.15, 0.2) is 0 Å². The van der Waals surface area contributed by atoms with Gasteiger partial charge in [-0.2, -0.15) is 11.8 Å². The van der Waals surface area contributed by atoms with Crippen molar-refractivity contribution in [3.63, 3.8) is 0 Å². The highest BCUT2D eigenvalue weighted by Crippen LogP contribution is 2.25. The van der Waals surface area contributed by atoms with Crippen molar-refractivity contribution in [1.29, 1.82) is 0 Å². The number of nitrogens with two attached hydrogens (primary N) is 1. The number of nitrogen functional groups attached to an aromatic ring is 1. The minimum Gasteiger partial charge on any atom is -0.383 e. The zero-order chi connectivity index (χ0) is 14.4. The van der Waals surface area contributed by atoms with E-state index in [1.54, 1.807) is 0 Å². The Morgan fingerprint density at radius 2 is 2.05 bits per heavy atom. The third kappa shape index (κ3) is 4.10. The summed E-state index contributed by atoms with van der Waals surface area (Å²) < 4.78 is 0. The molecule has 0 amide bonds. The van der Waals surface area contributed by atoms with Crippen molar-refractivity contribution in [1.82, 2.24) is 9.97 Å². The molecule has 3 nitrogen and oxygen atoms in total. The summed E-state index contributed by atoms with van der Waals surface area (Å²) in [6.07, 6.45) is 13.0. The van der Waals surface area contributed by atoms with E-state index in [4.69, 9.17) is 5.73 Å². The molecule has 1 aliphatic carbocycles. The predicted octanol–water partition coefficient (Wildman–Crippen LogP) is 3.76. The molecule has 0 saturated heterocycles. The molecular weight excluding hydrogens is 266 g/mol. The highest BCUT2D eigenvalue weighted by Gasteiger charge is 2.13. The van der Waals surface area contributed by atoms with Crippen LogP contribution in [-0.4, -0.2) is 15.7 Å². The van der Waals surface area contributed by atoms with Gasteiger partial charge in [-0.15, -0.1) is 0 Å². The van der Waals surface area contributed by atoms with E-state index in [1.165, 1.54) is 19.2 Å². The van der Waals surface area contributed by atoms with Gasteiger partial charge in [0, 0.05) is 17.0 Å². The fourth-order valence-electron chi connectivity index (χ4n) is 2.42. The van der Waals surface area contributed by atoms with Crippen LogP contribution in [0.5, 0.6) is 0 Å². The fraction of sp³-hybridized carbons (Fsp3) is 0.500.